The first-order chi connectivity index (χ1) is 11.8. The van der Waals surface area contributed by atoms with E-state index in [1.54, 1.807) is 25.3 Å². The molecular weight excluding hydrogens is 347 g/mol. The van der Waals surface area contributed by atoms with E-state index in [0.717, 1.165) is 22.2 Å². The van der Waals surface area contributed by atoms with E-state index in [9.17, 15) is 17.6 Å². The smallest absolute Gasteiger partial charge is 0.245 e. The second-order valence-corrected chi connectivity index (χ2v) is 7.31. The number of amides is 1. The first kappa shape index (κ1) is 18.9. The molecule has 0 saturated heterocycles. The van der Waals surface area contributed by atoms with Crippen molar-refractivity contribution in [1.82, 2.24) is 0 Å². The van der Waals surface area contributed by atoms with Crippen LogP contribution in [-0.2, 0) is 26.2 Å². The number of methoxy groups -OCH3 is 1. The van der Waals surface area contributed by atoms with Gasteiger partial charge in [-0.05, 0) is 29.8 Å². The number of hydrogen-bond donors (Lipinski definition) is 1. The first-order valence-corrected chi connectivity index (χ1v) is 9.26. The van der Waals surface area contributed by atoms with Crippen LogP contribution in [0.5, 0.6) is 0 Å². The van der Waals surface area contributed by atoms with Gasteiger partial charge in [-0.15, -0.1) is 0 Å². The minimum absolute atomic E-state index is 0.173. The highest BCUT2D eigenvalue weighted by Crippen LogP contribution is 2.21. The van der Waals surface area contributed by atoms with E-state index in [1.807, 2.05) is 6.07 Å². The Kier molecular flexibility index (Phi) is 6.11. The molecule has 0 saturated carbocycles. The van der Waals surface area contributed by atoms with Crippen LogP contribution in [-0.4, -0.2) is 34.2 Å². The molecule has 0 heterocycles. The lowest BCUT2D eigenvalue weighted by Crippen LogP contribution is -2.38. The van der Waals surface area contributed by atoms with Crippen molar-refractivity contribution in [2.75, 3.05) is 29.5 Å². The second-order valence-electron chi connectivity index (χ2n) is 5.40. The molecule has 0 aliphatic heterocycles. The molecule has 2 rings (SSSR count). The predicted molar refractivity (Wildman–Crippen MR) is 94.4 cm³/mol. The number of ether oxygens (including phenoxy) is 1. The number of nitrogens with one attached hydrogen (secondary N) is 1. The van der Waals surface area contributed by atoms with Gasteiger partial charge in [-0.2, -0.15) is 0 Å². The lowest BCUT2D eigenvalue weighted by molar-refractivity contribution is -0.114. The Morgan fingerprint density at radius 2 is 1.92 bits per heavy atom. The maximum absolute atomic E-state index is 13.9. The second kappa shape index (κ2) is 8.09. The van der Waals surface area contributed by atoms with Crippen LogP contribution in [0.2, 0.25) is 0 Å². The van der Waals surface area contributed by atoms with Crippen molar-refractivity contribution >= 4 is 27.3 Å². The van der Waals surface area contributed by atoms with Crippen molar-refractivity contribution < 1.29 is 22.3 Å². The van der Waals surface area contributed by atoms with E-state index in [4.69, 9.17) is 4.74 Å². The number of benzene rings is 2. The molecule has 0 atom stereocenters. The Hall–Kier alpha value is -2.45. The molecule has 2 aromatic carbocycles. The average molecular weight is 366 g/mol. The summed E-state index contributed by atoms with van der Waals surface area (Å²) in [6, 6.07) is 12.4. The summed E-state index contributed by atoms with van der Waals surface area (Å²) in [7, 11) is -2.27. The van der Waals surface area contributed by atoms with Crippen molar-refractivity contribution in [3.8, 4) is 0 Å². The number of halogens is 1. The van der Waals surface area contributed by atoms with Crippen molar-refractivity contribution in [2.45, 2.75) is 6.61 Å². The summed E-state index contributed by atoms with van der Waals surface area (Å²) in [4.78, 5) is 12.3. The molecule has 0 aliphatic carbocycles. The van der Waals surface area contributed by atoms with Gasteiger partial charge in [0.25, 0.3) is 0 Å². The molecule has 0 radical (unpaired) electrons. The number of hydrogen-bond acceptors (Lipinski definition) is 4. The highest BCUT2D eigenvalue weighted by atomic mass is 32.2. The molecule has 6 nitrogen and oxygen atoms in total. The third-order valence-electron chi connectivity index (χ3n) is 3.33. The molecule has 0 aliphatic rings. The van der Waals surface area contributed by atoms with Gasteiger partial charge in [0.1, 0.15) is 12.4 Å². The van der Waals surface area contributed by atoms with E-state index in [0.29, 0.717) is 12.3 Å². The van der Waals surface area contributed by atoms with Gasteiger partial charge >= 0.3 is 0 Å². The summed E-state index contributed by atoms with van der Waals surface area (Å²) in [5.74, 6) is -1.30. The Morgan fingerprint density at radius 3 is 2.56 bits per heavy atom. The van der Waals surface area contributed by atoms with E-state index >= 15 is 0 Å². The minimum Gasteiger partial charge on any atom is -0.380 e. The normalized spacial score (nSPS) is 11.2. The molecule has 8 heteroatoms. The summed E-state index contributed by atoms with van der Waals surface area (Å²) >= 11 is 0. The van der Waals surface area contributed by atoms with Crippen LogP contribution in [0.1, 0.15) is 5.56 Å². The van der Waals surface area contributed by atoms with Gasteiger partial charge in [0.2, 0.25) is 15.9 Å². The molecular formula is C17H19FN2O4S. The SMILES string of the molecule is COCc1cccc(NC(=O)CN(c2ccccc2F)S(C)(=O)=O)c1. The van der Waals surface area contributed by atoms with Crippen molar-refractivity contribution in [2.24, 2.45) is 0 Å². The molecule has 134 valence electrons. The van der Waals surface area contributed by atoms with Gasteiger partial charge in [-0.1, -0.05) is 24.3 Å². The maximum Gasteiger partial charge on any atom is 0.245 e. The number of sulfonamides is 1. The molecule has 0 unspecified atom stereocenters. The Balaban J connectivity index is 2.18. The lowest BCUT2D eigenvalue weighted by Gasteiger charge is -2.22. The molecule has 1 amide bonds. The first-order valence-electron chi connectivity index (χ1n) is 7.41. The Labute approximate surface area is 146 Å². The summed E-state index contributed by atoms with van der Waals surface area (Å²) in [5.41, 5.74) is 1.18. The molecule has 1 N–H and O–H groups in total. The molecule has 0 spiro atoms. The third-order valence-corrected chi connectivity index (χ3v) is 4.46. The number of carbonyl (C=O) groups excluding carboxylic acids is 1. The van der Waals surface area contributed by atoms with Crippen molar-refractivity contribution in [1.29, 1.82) is 0 Å². The van der Waals surface area contributed by atoms with Crippen LogP contribution >= 0.6 is 0 Å². The largest absolute Gasteiger partial charge is 0.380 e. The number of rotatable bonds is 7. The van der Waals surface area contributed by atoms with Crippen LogP contribution in [0, 0.1) is 5.82 Å². The van der Waals surface area contributed by atoms with Gasteiger partial charge in [0.15, 0.2) is 0 Å². The fourth-order valence-corrected chi connectivity index (χ4v) is 3.13. The van der Waals surface area contributed by atoms with Crippen LogP contribution in [0.25, 0.3) is 0 Å². The molecule has 0 bridgehead atoms. The van der Waals surface area contributed by atoms with Gasteiger partial charge in [0, 0.05) is 12.8 Å². The zero-order valence-corrected chi connectivity index (χ0v) is 14.7. The van der Waals surface area contributed by atoms with Gasteiger partial charge in [-0.25, -0.2) is 12.8 Å². The Bertz CT molecular complexity index is 855. The monoisotopic (exact) mass is 366 g/mol. The van der Waals surface area contributed by atoms with Crippen LogP contribution in [0.15, 0.2) is 48.5 Å². The quantitative estimate of drug-likeness (QED) is 0.816. The van der Waals surface area contributed by atoms with Gasteiger partial charge in [-0.3, -0.25) is 9.10 Å². The number of nitrogens with zero attached hydrogens (tertiary/aromatic N) is 1. The third kappa shape index (κ3) is 5.27. The van der Waals surface area contributed by atoms with Crippen molar-refractivity contribution in [3.63, 3.8) is 0 Å². The van der Waals surface area contributed by atoms with E-state index < -0.39 is 28.3 Å². The summed E-state index contributed by atoms with van der Waals surface area (Å²) < 4.78 is 43.6. The van der Waals surface area contributed by atoms with Gasteiger partial charge in [0.05, 0.1) is 18.6 Å². The standard InChI is InChI=1S/C17H19FN2O4S/c1-24-12-13-6-5-7-14(10-13)19-17(21)11-20(25(2,22)23)16-9-4-3-8-15(16)18/h3-10H,11-12H2,1-2H3,(H,19,21). The number of anilines is 2. The fraction of sp³-hybridized carbons (Fsp3) is 0.235. The van der Waals surface area contributed by atoms with Crippen LogP contribution in [0.3, 0.4) is 0 Å². The number of para-hydroxylation sites is 1. The van der Waals surface area contributed by atoms with E-state index in [2.05, 4.69) is 5.32 Å². The molecule has 25 heavy (non-hydrogen) atoms. The maximum atomic E-state index is 13.9. The Morgan fingerprint density at radius 1 is 1.20 bits per heavy atom. The highest BCUT2D eigenvalue weighted by molar-refractivity contribution is 7.92. The summed E-state index contributed by atoms with van der Waals surface area (Å²) in [5, 5.41) is 2.61. The van der Waals surface area contributed by atoms with Gasteiger partial charge < -0.3 is 10.1 Å². The highest BCUT2D eigenvalue weighted by Gasteiger charge is 2.23. The zero-order valence-electron chi connectivity index (χ0n) is 13.9. The van der Waals surface area contributed by atoms with E-state index in [-0.39, 0.29) is 5.69 Å². The van der Waals surface area contributed by atoms with Crippen LogP contribution < -0.4 is 9.62 Å². The fourth-order valence-electron chi connectivity index (χ4n) is 2.27. The van der Waals surface area contributed by atoms with Crippen molar-refractivity contribution in [3.05, 3.63) is 59.9 Å². The minimum atomic E-state index is -3.83. The molecule has 0 fully saturated rings. The topological polar surface area (TPSA) is 75.7 Å². The predicted octanol–water partition coefficient (Wildman–Crippen LogP) is 2.38. The molecule has 0 aromatic heterocycles. The zero-order chi connectivity index (χ0) is 18.4. The average Bonchev–Trinajstić information content (AvgIpc) is 2.53. The summed E-state index contributed by atoms with van der Waals surface area (Å²) in [6.07, 6.45) is 0.923. The number of carbonyl (C=O) groups is 1. The van der Waals surface area contributed by atoms with E-state index in [1.165, 1.54) is 18.2 Å². The molecule has 2 aromatic rings. The van der Waals surface area contributed by atoms with Crippen LogP contribution in [0.4, 0.5) is 15.8 Å². The summed E-state index contributed by atoms with van der Waals surface area (Å²) in [6.45, 7) is -0.150. The lowest BCUT2D eigenvalue weighted by atomic mass is 10.2.